The first-order valence-corrected chi connectivity index (χ1v) is 7.14. The molecule has 4 N–H and O–H groups in total. The highest BCUT2D eigenvalue weighted by atomic mass is 32.1. The molecule has 1 unspecified atom stereocenters. The fourth-order valence-electron chi connectivity index (χ4n) is 1.93. The summed E-state index contributed by atoms with van der Waals surface area (Å²) in [4.78, 5) is 26.8. The number of carboxylic acid groups (broad SMARTS) is 1. The number of ether oxygens (including phenoxy) is 1. The van der Waals surface area contributed by atoms with Crippen molar-refractivity contribution in [1.29, 1.82) is 0 Å². The molecule has 0 saturated carbocycles. The van der Waals surface area contributed by atoms with Crippen LogP contribution in [0.1, 0.15) is 18.5 Å². The summed E-state index contributed by atoms with van der Waals surface area (Å²) in [6, 6.07) is 4.11. The summed E-state index contributed by atoms with van der Waals surface area (Å²) in [6.07, 6.45) is 1.19. The molecule has 1 atom stereocenters. The number of anilines is 1. The van der Waals surface area contributed by atoms with Crippen molar-refractivity contribution in [2.45, 2.75) is 13.0 Å². The second-order valence-corrected chi connectivity index (χ2v) is 5.61. The van der Waals surface area contributed by atoms with Crippen molar-refractivity contribution in [2.24, 2.45) is 0 Å². The summed E-state index contributed by atoms with van der Waals surface area (Å²) in [5, 5.41) is 12.6. The number of carbonyl (C=O) groups is 2. The van der Waals surface area contributed by atoms with Crippen LogP contribution in [-0.4, -0.2) is 29.1 Å². The van der Waals surface area contributed by atoms with Gasteiger partial charge in [-0.15, -0.1) is 0 Å². The Hall–Kier alpha value is -2.61. The first-order chi connectivity index (χ1) is 10.4. The number of esters is 1. The van der Waals surface area contributed by atoms with Crippen LogP contribution in [0.25, 0.3) is 10.2 Å². The van der Waals surface area contributed by atoms with Gasteiger partial charge in [-0.2, -0.15) is 0 Å². The van der Waals surface area contributed by atoms with E-state index in [2.05, 4.69) is 15.0 Å². The number of fused-ring (bicyclic) bond motifs is 1. The average molecular weight is 321 g/mol. The number of methoxy groups -OCH3 is 1. The molecule has 0 radical (unpaired) electrons. The van der Waals surface area contributed by atoms with Gasteiger partial charge in [0.1, 0.15) is 6.04 Å². The topological polar surface area (TPSA) is 115 Å². The van der Waals surface area contributed by atoms with Crippen LogP contribution in [0.4, 0.5) is 5.13 Å². The SMILES string of the molecule is COC(=O)/C=C(\C)NC(C(=O)O)c1ccc2nc(N)sc2c1. The number of hydrogen-bond acceptors (Lipinski definition) is 7. The van der Waals surface area contributed by atoms with Crippen LogP contribution in [-0.2, 0) is 14.3 Å². The number of aromatic nitrogens is 1. The molecule has 0 aliphatic rings. The zero-order valence-corrected chi connectivity index (χ0v) is 12.8. The third-order valence-electron chi connectivity index (χ3n) is 2.92. The predicted octanol–water partition coefficient (Wildman–Crippen LogP) is 1.67. The molecular formula is C14H15N3O4S. The maximum absolute atomic E-state index is 11.5. The van der Waals surface area contributed by atoms with E-state index in [1.807, 2.05) is 0 Å². The van der Waals surface area contributed by atoms with Crippen LogP contribution in [0.5, 0.6) is 0 Å². The monoisotopic (exact) mass is 321 g/mol. The van der Waals surface area contributed by atoms with E-state index >= 15 is 0 Å². The molecule has 1 heterocycles. The van der Waals surface area contributed by atoms with Gasteiger partial charge >= 0.3 is 11.9 Å². The summed E-state index contributed by atoms with van der Waals surface area (Å²) in [7, 11) is 1.25. The molecular weight excluding hydrogens is 306 g/mol. The molecule has 0 fully saturated rings. The Balaban J connectivity index is 2.31. The maximum Gasteiger partial charge on any atom is 0.332 e. The quantitative estimate of drug-likeness (QED) is 0.567. The number of carbonyl (C=O) groups excluding carboxylic acids is 1. The van der Waals surface area contributed by atoms with Crippen LogP contribution >= 0.6 is 11.3 Å². The number of nitrogens with two attached hydrogens (primary N) is 1. The Morgan fingerprint density at radius 2 is 2.23 bits per heavy atom. The van der Waals surface area contributed by atoms with E-state index in [0.29, 0.717) is 16.4 Å². The third kappa shape index (κ3) is 3.53. The van der Waals surface area contributed by atoms with Crippen molar-refractivity contribution < 1.29 is 19.4 Å². The minimum absolute atomic E-state index is 0.392. The van der Waals surface area contributed by atoms with Crippen LogP contribution in [0, 0.1) is 0 Å². The van der Waals surface area contributed by atoms with Crippen LogP contribution in [0.3, 0.4) is 0 Å². The summed E-state index contributed by atoms with van der Waals surface area (Å²) in [6.45, 7) is 1.59. The van der Waals surface area contributed by atoms with E-state index in [1.54, 1.807) is 25.1 Å². The summed E-state index contributed by atoms with van der Waals surface area (Å²) in [5.74, 6) is -1.62. The second kappa shape index (κ2) is 6.44. The van der Waals surface area contributed by atoms with Crippen molar-refractivity contribution >= 4 is 38.6 Å². The largest absolute Gasteiger partial charge is 0.479 e. The van der Waals surface area contributed by atoms with Crippen molar-refractivity contribution in [3.8, 4) is 0 Å². The fraction of sp³-hybridized carbons (Fsp3) is 0.214. The lowest BCUT2D eigenvalue weighted by atomic mass is 10.1. The second-order valence-electron chi connectivity index (χ2n) is 4.55. The zero-order chi connectivity index (χ0) is 16.3. The predicted molar refractivity (Wildman–Crippen MR) is 83.3 cm³/mol. The van der Waals surface area contributed by atoms with Crippen LogP contribution in [0.15, 0.2) is 30.0 Å². The molecule has 0 aliphatic heterocycles. The van der Waals surface area contributed by atoms with E-state index in [4.69, 9.17) is 5.73 Å². The fourth-order valence-corrected chi connectivity index (χ4v) is 2.71. The van der Waals surface area contributed by atoms with Crippen molar-refractivity contribution in [3.63, 3.8) is 0 Å². The molecule has 0 bridgehead atoms. The van der Waals surface area contributed by atoms with E-state index < -0.39 is 18.0 Å². The smallest absolute Gasteiger partial charge is 0.332 e. The minimum Gasteiger partial charge on any atom is -0.479 e. The first kappa shape index (κ1) is 15.8. The molecule has 0 aliphatic carbocycles. The number of benzene rings is 1. The molecule has 0 spiro atoms. The number of rotatable bonds is 5. The lowest BCUT2D eigenvalue weighted by Gasteiger charge is -2.16. The Morgan fingerprint density at radius 3 is 2.86 bits per heavy atom. The molecule has 0 amide bonds. The van der Waals surface area contributed by atoms with Crippen LogP contribution < -0.4 is 11.1 Å². The van der Waals surface area contributed by atoms with Crippen molar-refractivity contribution in [2.75, 3.05) is 12.8 Å². The van der Waals surface area contributed by atoms with E-state index in [9.17, 15) is 14.7 Å². The first-order valence-electron chi connectivity index (χ1n) is 6.32. The number of nitrogens with zero attached hydrogens (tertiary/aromatic N) is 1. The summed E-state index contributed by atoms with van der Waals surface area (Å²) in [5.41, 5.74) is 7.30. The molecule has 1 aromatic heterocycles. The molecule has 116 valence electrons. The zero-order valence-electron chi connectivity index (χ0n) is 12.0. The van der Waals surface area contributed by atoms with E-state index in [0.717, 1.165) is 10.2 Å². The normalized spacial score (nSPS) is 12.9. The molecule has 8 heteroatoms. The van der Waals surface area contributed by atoms with Gasteiger partial charge in [-0.1, -0.05) is 17.4 Å². The summed E-state index contributed by atoms with van der Waals surface area (Å²) >= 11 is 1.29. The molecule has 7 nitrogen and oxygen atoms in total. The highest BCUT2D eigenvalue weighted by molar-refractivity contribution is 7.22. The maximum atomic E-state index is 11.5. The number of allylic oxidation sites excluding steroid dienone is 1. The minimum atomic E-state index is -1.06. The number of nitrogens with one attached hydrogen (secondary N) is 1. The molecule has 0 saturated heterocycles. The molecule has 1 aromatic carbocycles. The average Bonchev–Trinajstić information content (AvgIpc) is 2.83. The van der Waals surface area contributed by atoms with Gasteiger partial charge in [0.05, 0.1) is 17.3 Å². The lowest BCUT2D eigenvalue weighted by molar-refractivity contribution is -0.139. The van der Waals surface area contributed by atoms with Gasteiger partial charge in [0.15, 0.2) is 5.13 Å². The number of aliphatic carboxylic acids is 1. The summed E-state index contributed by atoms with van der Waals surface area (Å²) < 4.78 is 5.31. The number of carboxylic acids is 1. The molecule has 2 aromatic rings. The van der Waals surface area contributed by atoms with Gasteiger partial charge in [0, 0.05) is 11.8 Å². The van der Waals surface area contributed by atoms with Gasteiger partial charge < -0.3 is 20.9 Å². The molecule has 22 heavy (non-hydrogen) atoms. The Bertz CT molecular complexity index is 754. The van der Waals surface area contributed by atoms with E-state index in [1.165, 1.54) is 24.5 Å². The highest BCUT2D eigenvalue weighted by Gasteiger charge is 2.20. The van der Waals surface area contributed by atoms with Gasteiger partial charge in [-0.3, -0.25) is 0 Å². The number of thiazole rings is 1. The van der Waals surface area contributed by atoms with Crippen LogP contribution in [0.2, 0.25) is 0 Å². The number of nitrogen functional groups attached to an aromatic ring is 1. The third-order valence-corrected chi connectivity index (χ3v) is 3.76. The molecule has 2 rings (SSSR count). The Kier molecular flexibility index (Phi) is 4.62. The van der Waals surface area contributed by atoms with Crippen molar-refractivity contribution in [3.05, 3.63) is 35.5 Å². The highest BCUT2D eigenvalue weighted by Crippen LogP contribution is 2.27. The lowest BCUT2D eigenvalue weighted by Crippen LogP contribution is -2.27. The van der Waals surface area contributed by atoms with Gasteiger partial charge in [-0.25, -0.2) is 14.6 Å². The van der Waals surface area contributed by atoms with E-state index in [-0.39, 0.29) is 0 Å². The van der Waals surface area contributed by atoms with Gasteiger partial charge in [-0.05, 0) is 24.6 Å². The number of hydrogen-bond donors (Lipinski definition) is 3. The standard InChI is InChI=1S/C14H15N3O4S/c1-7(5-11(18)21-2)16-12(13(19)20)8-3-4-9-10(6-8)22-14(15)17-9/h3-6,12,16H,1-2H3,(H2,15,17)(H,19,20)/b7-5+. The van der Waals surface area contributed by atoms with Gasteiger partial charge in [0.2, 0.25) is 0 Å². The van der Waals surface area contributed by atoms with Gasteiger partial charge in [0.25, 0.3) is 0 Å². The van der Waals surface area contributed by atoms with Crippen molar-refractivity contribution in [1.82, 2.24) is 10.3 Å². The Morgan fingerprint density at radius 1 is 1.50 bits per heavy atom. The Labute approximate surface area is 130 Å².